The molecule has 0 saturated carbocycles. The van der Waals surface area contributed by atoms with Gasteiger partial charge in [0.25, 0.3) is 5.91 Å². The molecule has 0 fully saturated rings. The molecule has 1 N–H and O–H groups in total. The third-order valence-electron chi connectivity index (χ3n) is 3.07. The molecule has 122 valence electrons. The van der Waals surface area contributed by atoms with Crippen LogP contribution in [-0.4, -0.2) is 12.5 Å². The van der Waals surface area contributed by atoms with Gasteiger partial charge in [-0.25, -0.2) is 0 Å². The number of rotatable bonds is 5. The van der Waals surface area contributed by atoms with E-state index in [1.807, 2.05) is 6.92 Å². The summed E-state index contributed by atoms with van der Waals surface area (Å²) in [6.07, 6.45) is -3.60. The van der Waals surface area contributed by atoms with Crippen molar-refractivity contribution in [1.82, 2.24) is 0 Å². The van der Waals surface area contributed by atoms with Crippen molar-refractivity contribution in [3.8, 4) is 5.75 Å². The van der Waals surface area contributed by atoms with Crippen LogP contribution in [0, 0.1) is 0 Å². The van der Waals surface area contributed by atoms with Gasteiger partial charge in [0.2, 0.25) is 0 Å². The molecule has 0 heterocycles. The van der Waals surface area contributed by atoms with Crippen molar-refractivity contribution in [3.05, 3.63) is 59.7 Å². The molecule has 2 aromatic carbocycles. The van der Waals surface area contributed by atoms with Gasteiger partial charge in [0.05, 0.1) is 17.9 Å². The summed E-state index contributed by atoms with van der Waals surface area (Å²) in [5.41, 5.74) is -0.171. The van der Waals surface area contributed by atoms with Gasteiger partial charge < -0.3 is 10.1 Å². The van der Waals surface area contributed by atoms with Crippen LogP contribution in [-0.2, 0) is 6.18 Å². The number of anilines is 1. The van der Waals surface area contributed by atoms with E-state index >= 15 is 0 Å². The molecule has 0 atom stereocenters. The molecule has 2 aromatic rings. The number of hydrogen-bond acceptors (Lipinski definition) is 2. The van der Waals surface area contributed by atoms with E-state index in [9.17, 15) is 18.0 Å². The number of nitrogens with one attached hydrogen (secondary N) is 1. The predicted molar refractivity (Wildman–Crippen MR) is 81.6 cm³/mol. The standard InChI is InChI=1S/C17H16F3NO2/c1-2-11-23-15-6-4-3-5-14(15)21-16(22)12-7-9-13(10-8-12)17(18,19)20/h3-10H,2,11H2,1H3,(H,21,22). The van der Waals surface area contributed by atoms with Crippen LogP contribution in [0.3, 0.4) is 0 Å². The molecule has 0 saturated heterocycles. The van der Waals surface area contributed by atoms with Crippen molar-refractivity contribution in [2.75, 3.05) is 11.9 Å². The molecule has 0 aliphatic heterocycles. The number of benzene rings is 2. The third-order valence-corrected chi connectivity index (χ3v) is 3.07. The molecule has 3 nitrogen and oxygen atoms in total. The molecule has 2 rings (SSSR count). The summed E-state index contributed by atoms with van der Waals surface area (Å²) < 4.78 is 43.1. The van der Waals surface area contributed by atoms with Crippen molar-refractivity contribution in [3.63, 3.8) is 0 Å². The Balaban J connectivity index is 2.13. The first kappa shape index (κ1) is 16.9. The average molecular weight is 323 g/mol. The highest BCUT2D eigenvalue weighted by atomic mass is 19.4. The average Bonchev–Trinajstić information content (AvgIpc) is 2.53. The minimum absolute atomic E-state index is 0.142. The number of alkyl halides is 3. The van der Waals surface area contributed by atoms with Crippen molar-refractivity contribution >= 4 is 11.6 Å². The zero-order chi connectivity index (χ0) is 16.9. The summed E-state index contributed by atoms with van der Waals surface area (Å²) in [6, 6.07) is 11.0. The van der Waals surface area contributed by atoms with Crippen molar-refractivity contribution in [1.29, 1.82) is 0 Å². The van der Waals surface area contributed by atoms with Crippen LogP contribution in [0.1, 0.15) is 29.3 Å². The second-order valence-corrected chi connectivity index (χ2v) is 4.87. The first-order valence-electron chi connectivity index (χ1n) is 7.12. The van der Waals surface area contributed by atoms with E-state index in [4.69, 9.17) is 4.74 Å². The number of para-hydroxylation sites is 2. The minimum atomic E-state index is -4.42. The topological polar surface area (TPSA) is 38.3 Å². The Morgan fingerprint density at radius 2 is 1.74 bits per heavy atom. The fourth-order valence-electron chi connectivity index (χ4n) is 1.91. The molecule has 0 aromatic heterocycles. The molecule has 6 heteroatoms. The first-order valence-corrected chi connectivity index (χ1v) is 7.12. The maximum Gasteiger partial charge on any atom is 0.416 e. The SMILES string of the molecule is CCCOc1ccccc1NC(=O)c1ccc(C(F)(F)F)cc1. The normalized spacial score (nSPS) is 11.1. The molecule has 1 amide bonds. The lowest BCUT2D eigenvalue weighted by Gasteiger charge is -2.12. The first-order chi connectivity index (χ1) is 10.9. The van der Waals surface area contributed by atoms with Gasteiger partial charge in [-0.05, 0) is 42.8 Å². The van der Waals surface area contributed by atoms with Gasteiger partial charge in [-0.3, -0.25) is 4.79 Å². The number of hydrogen-bond donors (Lipinski definition) is 1. The van der Waals surface area contributed by atoms with Gasteiger partial charge in [0, 0.05) is 5.56 Å². The van der Waals surface area contributed by atoms with Gasteiger partial charge in [0.1, 0.15) is 5.75 Å². The quantitative estimate of drug-likeness (QED) is 0.862. The molecule has 0 bridgehead atoms. The Morgan fingerprint density at radius 3 is 2.35 bits per heavy atom. The lowest BCUT2D eigenvalue weighted by molar-refractivity contribution is -0.137. The summed E-state index contributed by atoms with van der Waals surface area (Å²) in [5.74, 6) is 0.0286. The van der Waals surface area contributed by atoms with Gasteiger partial charge in [-0.2, -0.15) is 13.2 Å². The fraction of sp³-hybridized carbons (Fsp3) is 0.235. The number of amides is 1. The van der Waals surface area contributed by atoms with E-state index in [1.54, 1.807) is 24.3 Å². The lowest BCUT2D eigenvalue weighted by atomic mass is 10.1. The molecular formula is C17H16F3NO2. The molecule has 0 spiro atoms. The molecule has 23 heavy (non-hydrogen) atoms. The van der Waals surface area contributed by atoms with E-state index in [1.165, 1.54) is 0 Å². The second kappa shape index (κ2) is 7.17. The summed E-state index contributed by atoms with van der Waals surface area (Å²) in [6.45, 7) is 2.47. The third kappa shape index (κ3) is 4.48. The van der Waals surface area contributed by atoms with Gasteiger partial charge >= 0.3 is 6.18 Å². The maximum atomic E-state index is 12.5. The Bertz CT molecular complexity index is 666. The van der Waals surface area contributed by atoms with E-state index in [0.29, 0.717) is 18.0 Å². The minimum Gasteiger partial charge on any atom is -0.491 e. The Hall–Kier alpha value is -2.50. The largest absolute Gasteiger partial charge is 0.491 e. The van der Waals surface area contributed by atoms with Gasteiger partial charge in [0.15, 0.2) is 0 Å². The van der Waals surface area contributed by atoms with Crippen LogP contribution in [0.25, 0.3) is 0 Å². The van der Waals surface area contributed by atoms with Crippen LogP contribution in [0.2, 0.25) is 0 Å². The fourth-order valence-corrected chi connectivity index (χ4v) is 1.91. The lowest BCUT2D eigenvalue weighted by Crippen LogP contribution is -2.14. The Morgan fingerprint density at radius 1 is 1.09 bits per heavy atom. The molecule has 0 aliphatic rings. The van der Waals surface area contributed by atoms with Crippen molar-refractivity contribution < 1.29 is 22.7 Å². The Labute approximate surface area is 132 Å². The summed E-state index contributed by atoms with van der Waals surface area (Å²) in [4.78, 5) is 12.2. The molecule has 0 radical (unpaired) electrons. The number of ether oxygens (including phenoxy) is 1. The van der Waals surface area contributed by atoms with E-state index in [0.717, 1.165) is 30.7 Å². The van der Waals surface area contributed by atoms with Gasteiger partial charge in [-0.1, -0.05) is 19.1 Å². The highest BCUT2D eigenvalue weighted by molar-refractivity contribution is 6.05. The van der Waals surface area contributed by atoms with Crippen LogP contribution < -0.4 is 10.1 Å². The van der Waals surface area contributed by atoms with Crippen molar-refractivity contribution in [2.45, 2.75) is 19.5 Å². The van der Waals surface area contributed by atoms with E-state index in [2.05, 4.69) is 5.32 Å². The van der Waals surface area contributed by atoms with Crippen molar-refractivity contribution in [2.24, 2.45) is 0 Å². The predicted octanol–water partition coefficient (Wildman–Crippen LogP) is 4.75. The highest BCUT2D eigenvalue weighted by Crippen LogP contribution is 2.29. The van der Waals surface area contributed by atoms with E-state index < -0.39 is 17.6 Å². The van der Waals surface area contributed by atoms with Gasteiger partial charge in [-0.15, -0.1) is 0 Å². The smallest absolute Gasteiger partial charge is 0.416 e. The Kier molecular flexibility index (Phi) is 5.26. The number of carbonyl (C=O) groups excluding carboxylic acids is 1. The van der Waals surface area contributed by atoms with Crippen LogP contribution in [0.5, 0.6) is 5.75 Å². The van der Waals surface area contributed by atoms with Crippen LogP contribution >= 0.6 is 0 Å². The summed E-state index contributed by atoms with van der Waals surface area (Å²) in [7, 11) is 0. The monoisotopic (exact) mass is 323 g/mol. The van der Waals surface area contributed by atoms with E-state index in [-0.39, 0.29) is 5.56 Å². The van der Waals surface area contributed by atoms with Crippen LogP contribution in [0.15, 0.2) is 48.5 Å². The molecular weight excluding hydrogens is 307 g/mol. The number of halogens is 3. The summed E-state index contributed by atoms with van der Waals surface area (Å²) in [5, 5.41) is 2.65. The zero-order valence-corrected chi connectivity index (χ0v) is 12.5. The molecule has 0 aliphatic carbocycles. The molecule has 0 unspecified atom stereocenters. The zero-order valence-electron chi connectivity index (χ0n) is 12.5. The summed E-state index contributed by atoms with van der Waals surface area (Å²) >= 11 is 0. The van der Waals surface area contributed by atoms with Crippen LogP contribution in [0.4, 0.5) is 18.9 Å². The highest BCUT2D eigenvalue weighted by Gasteiger charge is 2.30. The second-order valence-electron chi connectivity index (χ2n) is 4.87. The number of carbonyl (C=O) groups is 1. The maximum absolute atomic E-state index is 12.5.